The molecule has 0 saturated carbocycles. The highest BCUT2D eigenvalue weighted by atomic mass is 16.5. The summed E-state index contributed by atoms with van der Waals surface area (Å²) in [5.74, 6) is -0.516. The molecule has 0 aliphatic heterocycles. The molecule has 23 heavy (non-hydrogen) atoms. The van der Waals surface area contributed by atoms with E-state index in [1.807, 2.05) is 13.0 Å². The lowest BCUT2D eigenvalue weighted by atomic mass is 10.2. The van der Waals surface area contributed by atoms with E-state index in [-0.39, 0.29) is 18.1 Å². The fraction of sp³-hybridized carbons (Fsp3) is 0.176. The minimum Gasteiger partial charge on any atom is -0.492 e. The molecule has 0 bridgehead atoms. The number of anilines is 1. The first-order valence-electron chi connectivity index (χ1n) is 7.08. The summed E-state index contributed by atoms with van der Waals surface area (Å²) in [6.45, 7) is 2.12. The summed E-state index contributed by atoms with van der Waals surface area (Å²) in [7, 11) is 0. The van der Waals surface area contributed by atoms with Gasteiger partial charge in [-0.15, -0.1) is 0 Å². The Morgan fingerprint density at radius 2 is 1.87 bits per heavy atom. The van der Waals surface area contributed by atoms with Crippen molar-refractivity contribution >= 4 is 17.6 Å². The standard InChI is InChI=1S/C17H17NO5/c1-2-22-15-9-4-3-8-14(15)18-16(19)11-23-13-7-5-6-12(10-13)17(20)21/h3-10H,2,11H2,1H3,(H,18,19)(H,20,21). The number of benzene rings is 2. The Hall–Kier alpha value is -3.02. The van der Waals surface area contributed by atoms with Gasteiger partial charge in [0.15, 0.2) is 6.61 Å². The van der Waals surface area contributed by atoms with Gasteiger partial charge in [-0.3, -0.25) is 4.79 Å². The topological polar surface area (TPSA) is 84.9 Å². The third-order valence-electron chi connectivity index (χ3n) is 2.91. The summed E-state index contributed by atoms with van der Waals surface area (Å²) >= 11 is 0. The van der Waals surface area contributed by atoms with E-state index in [1.54, 1.807) is 30.3 Å². The molecule has 0 aromatic heterocycles. The Morgan fingerprint density at radius 3 is 2.61 bits per heavy atom. The summed E-state index contributed by atoms with van der Waals surface area (Å²) in [6.07, 6.45) is 0. The van der Waals surface area contributed by atoms with Crippen LogP contribution in [0.15, 0.2) is 48.5 Å². The van der Waals surface area contributed by atoms with Crippen LogP contribution in [0.4, 0.5) is 5.69 Å². The second kappa shape index (κ2) is 7.84. The minimum atomic E-state index is -1.05. The Labute approximate surface area is 133 Å². The number of carbonyl (C=O) groups excluding carboxylic acids is 1. The Kier molecular flexibility index (Phi) is 5.57. The van der Waals surface area contributed by atoms with Gasteiger partial charge < -0.3 is 19.9 Å². The highest BCUT2D eigenvalue weighted by molar-refractivity contribution is 5.93. The number of aromatic carboxylic acids is 1. The van der Waals surface area contributed by atoms with Gasteiger partial charge in [0.25, 0.3) is 5.91 Å². The van der Waals surface area contributed by atoms with E-state index < -0.39 is 5.97 Å². The summed E-state index contributed by atoms with van der Waals surface area (Å²) in [4.78, 5) is 22.8. The lowest BCUT2D eigenvalue weighted by Gasteiger charge is -2.12. The highest BCUT2D eigenvalue weighted by Crippen LogP contribution is 2.23. The molecule has 0 unspecified atom stereocenters. The molecule has 0 aliphatic rings. The SMILES string of the molecule is CCOc1ccccc1NC(=O)COc1cccc(C(=O)O)c1. The van der Waals surface area contributed by atoms with Crippen molar-refractivity contribution in [3.63, 3.8) is 0 Å². The normalized spacial score (nSPS) is 9.96. The molecule has 120 valence electrons. The van der Waals surface area contributed by atoms with Crippen molar-refractivity contribution in [2.45, 2.75) is 6.92 Å². The average molecular weight is 315 g/mol. The number of rotatable bonds is 7. The number of hydrogen-bond donors (Lipinski definition) is 2. The molecule has 0 atom stereocenters. The molecule has 2 aromatic carbocycles. The van der Waals surface area contributed by atoms with Crippen molar-refractivity contribution in [3.8, 4) is 11.5 Å². The minimum absolute atomic E-state index is 0.101. The molecule has 0 aliphatic carbocycles. The molecule has 1 amide bonds. The zero-order chi connectivity index (χ0) is 16.7. The first kappa shape index (κ1) is 16.4. The van der Waals surface area contributed by atoms with Crippen molar-refractivity contribution in [1.29, 1.82) is 0 Å². The van der Waals surface area contributed by atoms with Crippen LogP contribution in [-0.2, 0) is 4.79 Å². The van der Waals surface area contributed by atoms with Gasteiger partial charge in [-0.2, -0.15) is 0 Å². The number of nitrogens with one attached hydrogen (secondary N) is 1. The molecule has 0 fully saturated rings. The van der Waals surface area contributed by atoms with Gasteiger partial charge in [0.1, 0.15) is 11.5 Å². The maximum Gasteiger partial charge on any atom is 0.335 e. The summed E-state index contributed by atoms with van der Waals surface area (Å²) in [5, 5.41) is 11.6. The highest BCUT2D eigenvalue weighted by Gasteiger charge is 2.09. The van der Waals surface area contributed by atoms with E-state index in [4.69, 9.17) is 14.6 Å². The molecule has 6 nitrogen and oxygen atoms in total. The first-order valence-corrected chi connectivity index (χ1v) is 7.08. The number of carboxylic acids is 1. The fourth-order valence-corrected chi connectivity index (χ4v) is 1.91. The molecule has 0 spiro atoms. The van der Waals surface area contributed by atoms with Gasteiger partial charge in [-0.1, -0.05) is 18.2 Å². The summed E-state index contributed by atoms with van der Waals surface area (Å²) in [6, 6.07) is 13.1. The first-order chi connectivity index (χ1) is 11.1. The van der Waals surface area contributed by atoms with Crippen LogP contribution in [0, 0.1) is 0 Å². The lowest BCUT2D eigenvalue weighted by Crippen LogP contribution is -2.20. The Morgan fingerprint density at radius 1 is 1.09 bits per heavy atom. The Balaban J connectivity index is 1.95. The average Bonchev–Trinajstić information content (AvgIpc) is 2.55. The van der Waals surface area contributed by atoms with Gasteiger partial charge in [0, 0.05) is 0 Å². The van der Waals surface area contributed by atoms with Crippen LogP contribution >= 0.6 is 0 Å². The van der Waals surface area contributed by atoms with Crippen LogP contribution in [0.5, 0.6) is 11.5 Å². The lowest BCUT2D eigenvalue weighted by molar-refractivity contribution is -0.118. The van der Waals surface area contributed by atoms with E-state index >= 15 is 0 Å². The molecule has 2 rings (SSSR count). The molecular weight excluding hydrogens is 298 g/mol. The van der Waals surface area contributed by atoms with Crippen LogP contribution in [0.2, 0.25) is 0 Å². The van der Waals surface area contributed by atoms with Gasteiger partial charge in [-0.25, -0.2) is 4.79 Å². The van der Waals surface area contributed by atoms with Crippen LogP contribution < -0.4 is 14.8 Å². The maximum absolute atomic E-state index is 12.0. The van der Waals surface area contributed by atoms with Gasteiger partial charge in [-0.05, 0) is 37.3 Å². The molecule has 0 radical (unpaired) electrons. The van der Waals surface area contributed by atoms with Crippen molar-refractivity contribution in [3.05, 3.63) is 54.1 Å². The Bertz CT molecular complexity index is 699. The number of hydrogen-bond acceptors (Lipinski definition) is 4. The van der Waals surface area contributed by atoms with E-state index in [0.717, 1.165) is 0 Å². The number of para-hydroxylation sites is 2. The number of ether oxygens (including phenoxy) is 2. The molecule has 2 aromatic rings. The van der Waals surface area contributed by atoms with Crippen molar-refractivity contribution in [2.24, 2.45) is 0 Å². The van der Waals surface area contributed by atoms with Crippen LogP contribution in [0.25, 0.3) is 0 Å². The molecule has 2 N–H and O–H groups in total. The number of carbonyl (C=O) groups is 2. The second-order valence-corrected chi connectivity index (χ2v) is 4.60. The zero-order valence-electron chi connectivity index (χ0n) is 12.6. The third-order valence-corrected chi connectivity index (χ3v) is 2.91. The fourth-order valence-electron chi connectivity index (χ4n) is 1.91. The van der Waals surface area contributed by atoms with E-state index in [1.165, 1.54) is 12.1 Å². The summed E-state index contributed by atoms with van der Waals surface area (Å²) in [5.41, 5.74) is 0.659. The second-order valence-electron chi connectivity index (χ2n) is 4.60. The number of carboxylic acid groups (broad SMARTS) is 1. The molecule has 0 heterocycles. The number of amides is 1. The molecular formula is C17H17NO5. The molecule has 0 saturated heterocycles. The predicted molar refractivity (Wildman–Crippen MR) is 85.1 cm³/mol. The van der Waals surface area contributed by atoms with Crippen LogP contribution in [0.1, 0.15) is 17.3 Å². The monoisotopic (exact) mass is 315 g/mol. The van der Waals surface area contributed by atoms with Gasteiger partial charge in [0.05, 0.1) is 17.9 Å². The van der Waals surface area contributed by atoms with Crippen LogP contribution in [-0.4, -0.2) is 30.2 Å². The quantitative estimate of drug-likeness (QED) is 0.820. The smallest absolute Gasteiger partial charge is 0.335 e. The summed E-state index contributed by atoms with van der Waals surface area (Å²) < 4.78 is 10.7. The zero-order valence-corrected chi connectivity index (χ0v) is 12.6. The van der Waals surface area contributed by atoms with Gasteiger partial charge >= 0.3 is 5.97 Å². The van der Waals surface area contributed by atoms with E-state index in [9.17, 15) is 9.59 Å². The van der Waals surface area contributed by atoms with Crippen molar-refractivity contribution in [2.75, 3.05) is 18.5 Å². The third kappa shape index (κ3) is 4.74. The van der Waals surface area contributed by atoms with Crippen molar-refractivity contribution < 1.29 is 24.2 Å². The predicted octanol–water partition coefficient (Wildman–Crippen LogP) is 2.80. The van der Waals surface area contributed by atoms with E-state index in [0.29, 0.717) is 23.8 Å². The largest absolute Gasteiger partial charge is 0.492 e. The molecule has 6 heteroatoms. The maximum atomic E-state index is 12.0. The van der Waals surface area contributed by atoms with Crippen LogP contribution in [0.3, 0.4) is 0 Å². The van der Waals surface area contributed by atoms with Crippen molar-refractivity contribution in [1.82, 2.24) is 0 Å². The van der Waals surface area contributed by atoms with Gasteiger partial charge in [0.2, 0.25) is 0 Å². The van der Waals surface area contributed by atoms with E-state index in [2.05, 4.69) is 5.32 Å².